The van der Waals surface area contributed by atoms with Crippen molar-refractivity contribution >= 4 is 41.1 Å². The zero-order valence-electron chi connectivity index (χ0n) is 21.8. The molecule has 3 rings (SSSR count). The van der Waals surface area contributed by atoms with Gasteiger partial charge in [0, 0.05) is 42.6 Å². The second kappa shape index (κ2) is 13.7. The highest BCUT2D eigenvalue weighted by Gasteiger charge is 2.29. The van der Waals surface area contributed by atoms with E-state index in [4.69, 9.17) is 32.7 Å². The molecule has 0 aliphatic carbocycles. The zero-order chi connectivity index (χ0) is 27.8. The normalized spacial score (nSPS) is 14.7. The van der Waals surface area contributed by atoms with E-state index in [0.29, 0.717) is 53.2 Å². The number of carboxylic acids is 1. The van der Waals surface area contributed by atoms with Crippen molar-refractivity contribution in [1.82, 2.24) is 14.7 Å². The molecule has 38 heavy (non-hydrogen) atoms. The first kappa shape index (κ1) is 29.5. The number of imide groups is 1. The largest absolute Gasteiger partial charge is 0.493 e. The van der Waals surface area contributed by atoms with Gasteiger partial charge in [0.05, 0.1) is 20.1 Å². The zero-order valence-corrected chi connectivity index (χ0v) is 23.3. The summed E-state index contributed by atoms with van der Waals surface area (Å²) < 4.78 is 11.4. The van der Waals surface area contributed by atoms with Gasteiger partial charge in [-0.2, -0.15) is 0 Å². The van der Waals surface area contributed by atoms with E-state index in [-0.39, 0.29) is 31.5 Å². The van der Waals surface area contributed by atoms with Crippen LogP contribution in [-0.2, 0) is 16.1 Å². The van der Waals surface area contributed by atoms with Crippen molar-refractivity contribution in [3.05, 3.63) is 57.6 Å². The van der Waals surface area contributed by atoms with Crippen LogP contribution in [0.4, 0.5) is 4.79 Å². The molecule has 11 heteroatoms. The van der Waals surface area contributed by atoms with Gasteiger partial charge in [-0.05, 0) is 48.4 Å². The number of carbonyl (C=O) groups excluding carboxylic acids is 2. The Kier molecular flexibility index (Phi) is 10.6. The van der Waals surface area contributed by atoms with Gasteiger partial charge in [0.2, 0.25) is 5.91 Å². The van der Waals surface area contributed by atoms with Gasteiger partial charge in [-0.25, -0.2) is 4.79 Å². The fourth-order valence-electron chi connectivity index (χ4n) is 4.44. The molecule has 206 valence electrons. The number of rotatable bonds is 13. The molecule has 1 aliphatic rings. The van der Waals surface area contributed by atoms with Crippen LogP contribution in [0.5, 0.6) is 11.5 Å². The van der Waals surface area contributed by atoms with Crippen LogP contribution in [0.2, 0.25) is 10.0 Å². The molecule has 1 aliphatic heterocycles. The predicted molar refractivity (Wildman–Crippen MR) is 145 cm³/mol. The highest BCUT2D eigenvalue weighted by atomic mass is 35.5. The third-order valence-electron chi connectivity index (χ3n) is 6.35. The van der Waals surface area contributed by atoms with E-state index in [1.807, 2.05) is 19.1 Å². The van der Waals surface area contributed by atoms with E-state index in [2.05, 4.69) is 4.90 Å². The van der Waals surface area contributed by atoms with Gasteiger partial charge in [0.15, 0.2) is 11.5 Å². The molecule has 1 fully saturated rings. The standard InChI is InChI=1S/C27H33Cl2N3O6/c1-4-10-31(22(16-26(34)35)20-7-6-19(28)15-21(20)29)17-18-5-8-23(24(14-18)37-3)38-13-12-32-25(33)9-11-30(2)27(32)36/h5-8,14-15,22H,4,9-13,16-17H2,1-3H3,(H,34,35). The molecule has 0 radical (unpaired) electrons. The number of methoxy groups -OCH3 is 1. The minimum atomic E-state index is -0.930. The van der Waals surface area contributed by atoms with E-state index in [1.165, 1.54) is 16.9 Å². The summed E-state index contributed by atoms with van der Waals surface area (Å²) in [6, 6.07) is 9.80. The Morgan fingerprint density at radius 3 is 2.58 bits per heavy atom. The van der Waals surface area contributed by atoms with Crippen LogP contribution in [0.3, 0.4) is 0 Å². The molecule has 0 aromatic heterocycles. The number of halogens is 2. The average Bonchev–Trinajstić information content (AvgIpc) is 2.87. The van der Waals surface area contributed by atoms with E-state index >= 15 is 0 Å². The maximum absolute atomic E-state index is 12.3. The van der Waals surface area contributed by atoms with E-state index in [0.717, 1.165) is 12.0 Å². The Hall–Kier alpha value is -3.01. The number of ether oxygens (including phenoxy) is 2. The topological polar surface area (TPSA) is 99.6 Å². The number of aliphatic carboxylic acids is 1. The molecule has 3 amide bonds. The summed E-state index contributed by atoms with van der Waals surface area (Å²) in [6.07, 6.45) is 0.976. The fraction of sp³-hybridized carbons (Fsp3) is 0.444. The number of benzene rings is 2. The molecular weight excluding hydrogens is 533 g/mol. The lowest BCUT2D eigenvalue weighted by Gasteiger charge is -2.32. The third kappa shape index (κ3) is 7.52. The average molecular weight is 566 g/mol. The smallest absolute Gasteiger partial charge is 0.326 e. The molecule has 9 nitrogen and oxygen atoms in total. The molecule has 1 saturated heterocycles. The number of hydrogen-bond donors (Lipinski definition) is 1. The monoisotopic (exact) mass is 565 g/mol. The van der Waals surface area contributed by atoms with Crippen molar-refractivity contribution in [2.75, 3.05) is 40.4 Å². The van der Waals surface area contributed by atoms with Crippen molar-refractivity contribution in [3.8, 4) is 11.5 Å². The first-order valence-electron chi connectivity index (χ1n) is 12.4. The maximum atomic E-state index is 12.3. The van der Waals surface area contributed by atoms with Crippen LogP contribution in [0.1, 0.15) is 43.4 Å². The number of urea groups is 1. The summed E-state index contributed by atoms with van der Waals surface area (Å²) in [5.41, 5.74) is 1.59. The molecule has 1 heterocycles. The molecule has 2 aromatic rings. The van der Waals surface area contributed by atoms with Crippen molar-refractivity contribution in [1.29, 1.82) is 0 Å². The molecular formula is C27H33Cl2N3O6. The molecule has 1 atom stereocenters. The summed E-state index contributed by atoms with van der Waals surface area (Å²) in [7, 11) is 3.19. The SMILES string of the molecule is CCCN(Cc1ccc(OCCN2C(=O)CCN(C)C2=O)c(OC)c1)C(CC(=O)O)c1ccc(Cl)cc1Cl. The van der Waals surface area contributed by atoms with Crippen molar-refractivity contribution in [2.45, 2.75) is 38.8 Å². The lowest BCUT2D eigenvalue weighted by atomic mass is 10.0. The van der Waals surface area contributed by atoms with Crippen LogP contribution in [0.25, 0.3) is 0 Å². The summed E-state index contributed by atoms with van der Waals surface area (Å²) in [6.45, 7) is 3.79. The third-order valence-corrected chi connectivity index (χ3v) is 6.91. The lowest BCUT2D eigenvalue weighted by Crippen LogP contribution is -2.51. The predicted octanol–water partition coefficient (Wildman–Crippen LogP) is 5.09. The van der Waals surface area contributed by atoms with Gasteiger partial charge < -0.3 is 19.5 Å². The minimum Gasteiger partial charge on any atom is -0.493 e. The Labute approximate surface area is 232 Å². The molecule has 0 bridgehead atoms. The highest BCUT2D eigenvalue weighted by molar-refractivity contribution is 6.35. The quantitative estimate of drug-likeness (QED) is 0.361. The molecule has 0 spiro atoms. The highest BCUT2D eigenvalue weighted by Crippen LogP contribution is 2.35. The van der Waals surface area contributed by atoms with Crippen molar-refractivity contribution < 1.29 is 29.0 Å². The van der Waals surface area contributed by atoms with Gasteiger partial charge >= 0.3 is 12.0 Å². The number of nitrogens with zero attached hydrogens (tertiary/aromatic N) is 3. The maximum Gasteiger partial charge on any atom is 0.326 e. The van der Waals surface area contributed by atoms with Crippen LogP contribution in [-0.4, -0.2) is 78.1 Å². The Bertz CT molecular complexity index is 1160. The first-order valence-corrected chi connectivity index (χ1v) is 13.2. The molecule has 0 saturated carbocycles. The number of carbonyl (C=O) groups is 3. The van der Waals surface area contributed by atoms with E-state index < -0.39 is 12.0 Å². The second-order valence-corrected chi connectivity index (χ2v) is 9.93. The summed E-state index contributed by atoms with van der Waals surface area (Å²) in [5.74, 6) is -0.176. The van der Waals surface area contributed by atoms with Gasteiger partial charge in [0.25, 0.3) is 0 Å². The summed E-state index contributed by atoms with van der Waals surface area (Å²) >= 11 is 12.5. The van der Waals surface area contributed by atoms with E-state index in [1.54, 1.807) is 31.3 Å². The van der Waals surface area contributed by atoms with Crippen LogP contribution in [0, 0.1) is 0 Å². The molecule has 1 N–H and O–H groups in total. The summed E-state index contributed by atoms with van der Waals surface area (Å²) in [4.78, 5) is 40.9. The number of amides is 3. The second-order valence-electron chi connectivity index (χ2n) is 9.08. The van der Waals surface area contributed by atoms with Crippen LogP contribution < -0.4 is 9.47 Å². The minimum absolute atomic E-state index is 0.122. The van der Waals surface area contributed by atoms with Crippen molar-refractivity contribution in [3.63, 3.8) is 0 Å². The van der Waals surface area contributed by atoms with Gasteiger partial charge in [0.1, 0.15) is 6.61 Å². The Balaban J connectivity index is 1.76. The molecule has 1 unspecified atom stereocenters. The number of carboxylic acid groups (broad SMARTS) is 1. The van der Waals surface area contributed by atoms with Gasteiger partial charge in [-0.3, -0.25) is 19.4 Å². The van der Waals surface area contributed by atoms with Crippen LogP contribution >= 0.6 is 23.2 Å². The van der Waals surface area contributed by atoms with Gasteiger partial charge in [-0.15, -0.1) is 0 Å². The lowest BCUT2D eigenvalue weighted by molar-refractivity contribution is -0.138. The Morgan fingerprint density at radius 2 is 1.92 bits per heavy atom. The Morgan fingerprint density at radius 1 is 1.16 bits per heavy atom. The first-order chi connectivity index (χ1) is 18.1. The molecule has 2 aromatic carbocycles. The number of hydrogen-bond acceptors (Lipinski definition) is 6. The van der Waals surface area contributed by atoms with Crippen LogP contribution in [0.15, 0.2) is 36.4 Å². The van der Waals surface area contributed by atoms with Crippen molar-refractivity contribution in [2.24, 2.45) is 0 Å². The summed E-state index contributed by atoms with van der Waals surface area (Å²) in [5, 5.41) is 10.5. The fourth-order valence-corrected chi connectivity index (χ4v) is 4.98. The van der Waals surface area contributed by atoms with Gasteiger partial charge in [-0.1, -0.05) is 42.3 Å². The van der Waals surface area contributed by atoms with E-state index in [9.17, 15) is 19.5 Å².